The molecule has 0 atom stereocenters. The summed E-state index contributed by atoms with van der Waals surface area (Å²) in [6, 6.07) is 7.90. The first kappa shape index (κ1) is 14.4. The summed E-state index contributed by atoms with van der Waals surface area (Å²) in [6.07, 6.45) is 0. The number of hydrogen-bond acceptors (Lipinski definition) is 3. The Balaban J connectivity index is 2.37. The van der Waals surface area contributed by atoms with Gasteiger partial charge in [-0.05, 0) is 42.0 Å². The molecule has 0 aliphatic carbocycles. The lowest BCUT2D eigenvalue weighted by atomic mass is 10.2. The van der Waals surface area contributed by atoms with Gasteiger partial charge in [0.25, 0.3) is 10.0 Å². The van der Waals surface area contributed by atoms with E-state index >= 15 is 0 Å². The molecule has 0 amide bonds. The highest BCUT2D eigenvalue weighted by atomic mass is 32.2. The number of nitrogens with one attached hydrogen (secondary N) is 1. The fraction of sp³-hybridized carbons (Fsp3) is 0.0769. The molecular weight excluding hydrogens is 288 g/mol. The third-order valence-corrected chi connectivity index (χ3v) is 3.96. The summed E-state index contributed by atoms with van der Waals surface area (Å²) in [7, 11) is -4.15. The highest BCUT2D eigenvalue weighted by Crippen LogP contribution is 2.20. The Hall–Kier alpha value is -1.99. The van der Waals surface area contributed by atoms with Crippen LogP contribution in [0.5, 0.6) is 0 Å². The fourth-order valence-electron chi connectivity index (χ4n) is 1.58. The van der Waals surface area contributed by atoms with Gasteiger partial charge in [0.15, 0.2) is 0 Å². The molecule has 106 valence electrons. The van der Waals surface area contributed by atoms with Crippen molar-refractivity contribution in [2.24, 2.45) is 0 Å². The predicted octanol–water partition coefficient (Wildman–Crippen LogP) is 2.26. The molecule has 20 heavy (non-hydrogen) atoms. The molecule has 0 unspecified atom stereocenters. The summed E-state index contributed by atoms with van der Waals surface area (Å²) in [5.74, 6) is -1.45. The zero-order valence-corrected chi connectivity index (χ0v) is 11.0. The topological polar surface area (TPSA) is 66.4 Å². The maximum absolute atomic E-state index is 13.6. The van der Waals surface area contributed by atoms with Gasteiger partial charge in [-0.25, -0.2) is 17.2 Å². The summed E-state index contributed by atoms with van der Waals surface area (Å²) >= 11 is 0. The summed E-state index contributed by atoms with van der Waals surface area (Å²) in [6.45, 7) is -0.403. The Morgan fingerprint density at radius 2 is 1.70 bits per heavy atom. The van der Waals surface area contributed by atoms with E-state index in [1.165, 1.54) is 18.2 Å². The predicted molar refractivity (Wildman–Crippen MR) is 69.5 cm³/mol. The van der Waals surface area contributed by atoms with Crippen LogP contribution in [0.1, 0.15) is 5.56 Å². The number of hydrogen-bond donors (Lipinski definition) is 2. The van der Waals surface area contributed by atoms with Crippen LogP contribution < -0.4 is 4.72 Å². The van der Waals surface area contributed by atoms with Gasteiger partial charge in [-0.1, -0.05) is 6.07 Å². The Labute approximate surface area is 114 Å². The van der Waals surface area contributed by atoms with E-state index in [1.807, 2.05) is 0 Å². The molecule has 2 aromatic rings. The van der Waals surface area contributed by atoms with E-state index in [0.717, 1.165) is 24.3 Å². The Bertz CT molecular complexity index is 715. The molecule has 2 rings (SSSR count). The highest BCUT2D eigenvalue weighted by molar-refractivity contribution is 7.92. The molecule has 0 aromatic heterocycles. The number of benzene rings is 2. The molecular formula is C13H11F2NO3S. The zero-order valence-electron chi connectivity index (χ0n) is 10.2. The molecule has 0 aliphatic heterocycles. The molecule has 0 spiro atoms. The monoisotopic (exact) mass is 299 g/mol. The van der Waals surface area contributed by atoms with Crippen molar-refractivity contribution in [1.29, 1.82) is 0 Å². The van der Waals surface area contributed by atoms with E-state index in [0.29, 0.717) is 0 Å². The number of halogens is 2. The summed E-state index contributed by atoms with van der Waals surface area (Å²) in [4.78, 5) is -0.576. The van der Waals surface area contributed by atoms with E-state index < -0.39 is 33.2 Å². The molecule has 0 radical (unpaired) electrons. The second-order valence-corrected chi connectivity index (χ2v) is 5.69. The maximum Gasteiger partial charge on any atom is 0.264 e. The minimum Gasteiger partial charge on any atom is -0.392 e. The van der Waals surface area contributed by atoms with Crippen LogP contribution in [0, 0.1) is 11.6 Å². The SMILES string of the molecule is O=S(=O)(Nc1ccc(F)cc1)c1cc(CO)ccc1F. The van der Waals surface area contributed by atoms with Crippen molar-refractivity contribution in [3.63, 3.8) is 0 Å². The van der Waals surface area contributed by atoms with Crippen molar-refractivity contribution >= 4 is 15.7 Å². The number of aliphatic hydroxyl groups excluding tert-OH is 1. The van der Waals surface area contributed by atoms with E-state index in [4.69, 9.17) is 5.11 Å². The van der Waals surface area contributed by atoms with Gasteiger partial charge in [0.2, 0.25) is 0 Å². The van der Waals surface area contributed by atoms with Crippen LogP contribution in [0.4, 0.5) is 14.5 Å². The van der Waals surface area contributed by atoms with Gasteiger partial charge in [-0.2, -0.15) is 0 Å². The van der Waals surface area contributed by atoms with Crippen molar-refractivity contribution in [3.05, 3.63) is 59.7 Å². The largest absolute Gasteiger partial charge is 0.392 e. The molecule has 4 nitrogen and oxygen atoms in total. The fourth-order valence-corrected chi connectivity index (χ4v) is 2.77. The van der Waals surface area contributed by atoms with Crippen molar-refractivity contribution in [2.45, 2.75) is 11.5 Å². The summed E-state index contributed by atoms with van der Waals surface area (Å²) < 4.78 is 52.6. The minimum absolute atomic E-state index is 0.111. The van der Waals surface area contributed by atoms with Crippen LogP contribution in [0.15, 0.2) is 47.4 Å². The third kappa shape index (κ3) is 3.12. The summed E-state index contributed by atoms with van der Waals surface area (Å²) in [5.41, 5.74) is 0.381. The molecule has 0 saturated carbocycles. The van der Waals surface area contributed by atoms with Crippen molar-refractivity contribution in [1.82, 2.24) is 0 Å². The van der Waals surface area contributed by atoms with Gasteiger partial charge in [-0.15, -0.1) is 0 Å². The van der Waals surface area contributed by atoms with Gasteiger partial charge < -0.3 is 5.11 Å². The smallest absolute Gasteiger partial charge is 0.264 e. The van der Waals surface area contributed by atoms with E-state index in [9.17, 15) is 17.2 Å². The van der Waals surface area contributed by atoms with Gasteiger partial charge in [0.1, 0.15) is 16.5 Å². The quantitative estimate of drug-likeness (QED) is 0.910. The first-order chi connectivity index (χ1) is 9.42. The van der Waals surface area contributed by atoms with Crippen molar-refractivity contribution in [2.75, 3.05) is 4.72 Å². The lowest BCUT2D eigenvalue weighted by Crippen LogP contribution is -2.15. The molecule has 7 heteroatoms. The first-order valence-corrected chi connectivity index (χ1v) is 7.08. The highest BCUT2D eigenvalue weighted by Gasteiger charge is 2.19. The van der Waals surface area contributed by atoms with Crippen LogP contribution in [0.25, 0.3) is 0 Å². The molecule has 0 bridgehead atoms. The van der Waals surface area contributed by atoms with Gasteiger partial charge in [0.05, 0.1) is 6.61 Å². The maximum atomic E-state index is 13.6. The van der Waals surface area contributed by atoms with E-state index in [2.05, 4.69) is 4.72 Å². The van der Waals surface area contributed by atoms with Gasteiger partial charge in [0, 0.05) is 5.69 Å². The Kier molecular flexibility index (Phi) is 4.01. The number of rotatable bonds is 4. The lowest BCUT2D eigenvalue weighted by Gasteiger charge is -2.10. The summed E-state index contributed by atoms with van der Waals surface area (Å²) in [5, 5.41) is 8.96. The third-order valence-electron chi connectivity index (χ3n) is 2.56. The van der Waals surface area contributed by atoms with Crippen LogP contribution in [0.2, 0.25) is 0 Å². The first-order valence-electron chi connectivity index (χ1n) is 5.60. The lowest BCUT2D eigenvalue weighted by molar-refractivity contribution is 0.281. The van der Waals surface area contributed by atoms with E-state index in [1.54, 1.807) is 0 Å². The number of aliphatic hydroxyl groups is 1. The second kappa shape index (κ2) is 5.56. The standard InChI is InChI=1S/C13H11F2NO3S/c14-10-2-4-11(5-3-10)16-20(18,19)13-7-9(8-17)1-6-12(13)15/h1-7,16-17H,8H2. The zero-order chi connectivity index (χ0) is 14.8. The minimum atomic E-state index is -4.15. The van der Waals surface area contributed by atoms with Crippen molar-refractivity contribution in [3.8, 4) is 0 Å². The van der Waals surface area contributed by atoms with E-state index in [-0.39, 0.29) is 11.3 Å². The number of sulfonamides is 1. The van der Waals surface area contributed by atoms with Crippen LogP contribution >= 0.6 is 0 Å². The molecule has 2 N–H and O–H groups in total. The molecule has 2 aromatic carbocycles. The van der Waals surface area contributed by atoms with Gasteiger partial charge in [-0.3, -0.25) is 4.72 Å². The molecule has 0 heterocycles. The average molecular weight is 299 g/mol. The van der Waals surface area contributed by atoms with Crippen LogP contribution in [-0.2, 0) is 16.6 Å². The van der Waals surface area contributed by atoms with Crippen molar-refractivity contribution < 1.29 is 22.3 Å². The molecule has 0 saturated heterocycles. The Morgan fingerprint density at radius 1 is 1.05 bits per heavy atom. The average Bonchev–Trinajstić information content (AvgIpc) is 2.41. The number of anilines is 1. The molecule has 0 fully saturated rings. The van der Waals surface area contributed by atoms with Crippen LogP contribution in [-0.4, -0.2) is 13.5 Å². The second-order valence-electron chi connectivity index (χ2n) is 4.04. The van der Waals surface area contributed by atoms with Crippen LogP contribution in [0.3, 0.4) is 0 Å². The normalized spacial score (nSPS) is 11.3. The Morgan fingerprint density at radius 3 is 2.30 bits per heavy atom. The van der Waals surface area contributed by atoms with Gasteiger partial charge >= 0.3 is 0 Å². The molecule has 0 aliphatic rings.